The van der Waals surface area contributed by atoms with E-state index in [1.54, 1.807) is 11.3 Å². The van der Waals surface area contributed by atoms with Gasteiger partial charge >= 0.3 is 6.03 Å². The fraction of sp³-hybridized carbons (Fsp3) is 0.500. The highest BCUT2D eigenvalue weighted by Gasteiger charge is 2.17. The molecule has 3 N–H and O–H groups in total. The van der Waals surface area contributed by atoms with Crippen molar-refractivity contribution in [3.63, 3.8) is 0 Å². The van der Waals surface area contributed by atoms with E-state index in [4.69, 9.17) is 0 Å². The maximum atomic E-state index is 11.5. The van der Waals surface area contributed by atoms with Crippen molar-refractivity contribution < 1.29 is 9.59 Å². The van der Waals surface area contributed by atoms with Gasteiger partial charge in [-0.1, -0.05) is 19.9 Å². The lowest BCUT2D eigenvalue weighted by molar-refractivity contribution is -0.119. The lowest BCUT2D eigenvalue weighted by atomic mass is 10.0. The highest BCUT2D eigenvalue weighted by molar-refractivity contribution is 7.10. The molecule has 0 spiro atoms. The average Bonchev–Trinajstić information content (AvgIpc) is 2.82. The van der Waals surface area contributed by atoms with Gasteiger partial charge in [0.1, 0.15) is 0 Å². The first-order valence-electron chi connectivity index (χ1n) is 5.83. The van der Waals surface area contributed by atoms with Crippen LogP contribution in [0.1, 0.15) is 24.8 Å². The van der Waals surface area contributed by atoms with E-state index in [2.05, 4.69) is 29.8 Å². The van der Waals surface area contributed by atoms with E-state index in [1.165, 1.54) is 11.9 Å². The third-order valence-electron chi connectivity index (χ3n) is 2.48. The summed E-state index contributed by atoms with van der Waals surface area (Å²) >= 11 is 1.66. The minimum absolute atomic E-state index is 0.119. The number of amides is 3. The molecule has 1 rings (SSSR count). The van der Waals surface area contributed by atoms with Crippen molar-refractivity contribution >= 4 is 23.3 Å². The van der Waals surface area contributed by atoms with E-state index in [0.29, 0.717) is 5.92 Å². The summed E-state index contributed by atoms with van der Waals surface area (Å²) in [5, 5.41) is 9.74. The summed E-state index contributed by atoms with van der Waals surface area (Å²) in [6, 6.07) is 3.67. The van der Waals surface area contributed by atoms with Crippen molar-refractivity contribution in [3.8, 4) is 0 Å². The Balaban J connectivity index is 2.49. The lowest BCUT2D eigenvalue weighted by Crippen LogP contribution is -2.43. The van der Waals surface area contributed by atoms with E-state index in [-0.39, 0.29) is 18.5 Å². The van der Waals surface area contributed by atoms with Gasteiger partial charge in [-0.05, 0) is 17.4 Å². The van der Waals surface area contributed by atoms with Crippen molar-refractivity contribution in [3.05, 3.63) is 22.4 Å². The van der Waals surface area contributed by atoms with Crippen LogP contribution in [-0.2, 0) is 4.79 Å². The van der Waals surface area contributed by atoms with Crippen LogP contribution in [0.4, 0.5) is 4.79 Å². The van der Waals surface area contributed by atoms with Crippen LogP contribution in [0.5, 0.6) is 0 Å². The second-order valence-electron chi connectivity index (χ2n) is 4.25. The minimum atomic E-state index is -0.487. The zero-order valence-corrected chi connectivity index (χ0v) is 11.6. The second-order valence-corrected chi connectivity index (χ2v) is 5.22. The standard InChI is InChI=1S/C12H19N3O2S/c1-8(2)11(9-5-4-6-18-9)14-7-10(16)15-12(17)13-3/h4-6,8,11,14H,7H2,1-3H3,(H2,13,15,16,17). The van der Waals surface area contributed by atoms with Crippen LogP contribution in [0.2, 0.25) is 0 Å². The largest absolute Gasteiger partial charge is 0.341 e. The zero-order valence-electron chi connectivity index (χ0n) is 10.8. The maximum absolute atomic E-state index is 11.5. The fourth-order valence-corrected chi connectivity index (χ4v) is 2.54. The SMILES string of the molecule is CNC(=O)NC(=O)CNC(c1cccs1)C(C)C. The van der Waals surface area contributed by atoms with Crippen molar-refractivity contribution in [2.45, 2.75) is 19.9 Å². The number of hydrogen-bond acceptors (Lipinski definition) is 4. The van der Waals surface area contributed by atoms with Crippen LogP contribution in [0.3, 0.4) is 0 Å². The molecule has 0 aromatic carbocycles. The molecule has 0 saturated heterocycles. The Hall–Kier alpha value is -1.40. The van der Waals surface area contributed by atoms with E-state index in [9.17, 15) is 9.59 Å². The molecule has 0 aliphatic heterocycles. The molecular formula is C12H19N3O2S. The van der Waals surface area contributed by atoms with Gasteiger partial charge in [-0.15, -0.1) is 11.3 Å². The number of rotatable bonds is 5. The third kappa shape index (κ3) is 4.46. The van der Waals surface area contributed by atoms with Crippen molar-refractivity contribution in [1.82, 2.24) is 16.0 Å². The molecule has 0 saturated carbocycles. The van der Waals surface area contributed by atoms with Gasteiger partial charge in [0, 0.05) is 18.0 Å². The lowest BCUT2D eigenvalue weighted by Gasteiger charge is -2.20. The molecule has 0 aliphatic carbocycles. The number of carbonyl (C=O) groups excluding carboxylic acids is 2. The third-order valence-corrected chi connectivity index (χ3v) is 3.43. The average molecular weight is 269 g/mol. The number of imide groups is 1. The van der Waals surface area contributed by atoms with Gasteiger partial charge in [-0.3, -0.25) is 10.1 Å². The van der Waals surface area contributed by atoms with Gasteiger partial charge in [0.25, 0.3) is 0 Å². The Morgan fingerprint density at radius 3 is 2.61 bits per heavy atom. The van der Waals surface area contributed by atoms with Crippen LogP contribution in [0.15, 0.2) is 17.5 Å². The Bertz CT molecular complexity index is 390. The Kier molecular flexibility index (Phi) is 5.80. The number of thiophene rings is 1. The first kappa shape index (κ1) is 14.7. The van der Waals surface area contributed by atoms with Gasteiger partial charge in [0.05, 0.1) is 6.54 Å². The normalized spacial score (nSPS) is 12.2. The number of carbonyl (C=O) groups is 2. The summed E-state index contributed by atoms with van der Waals surface area (Å²) in [4.78, 5) is 23.6. The Morgan fingerprint density at radius 2 is 2.11 bits per heavy atom. The predicted molar refractivity (Wildman–Crippen MR) is 72.5 cm³/mol. The molecule has 1 aromatic rings. The number of nitrogens with one attached hydrogen (secondary N) is 3. The van der Waals surface area contributed by atoms with Gasteiger partial charge in [-0.2, -0.15) is 0 Å². The summed E-state index contributed by atoms with van der Waals surface area (Å²) in [6.07, 6.45) is 0. The zero-order chi connectivity index (χ0) is 13.5. The van der Waals surface area contributed by atoms with Crippen LogP contribution in [0.25, 0.3) is 0 Å². The summed E-state index contributed by atoms with van der Waals surface area (Å²) in [6.45, 7) is 4.30. The molecule has 5 nitrogen and oxygen atoms in total. The highest BCUT2D eigenvalue weighted by atomic mass is 32.1. The summed E-state index contributed by atoms with van der Waals surface area (Å²) in [5.74, 6) is 0.0352. The predicted octanol–water partition coefficient (Wildman–Crippen LogP) is 1.49. The topological polar surface area (TPSA) is 70.2 Å². The molecule has 0 fully saturated rings. The monoisotopic (exact) mass is 269 g/mol. The quantitative estimate of drug-likeness (QED) is 0.758. The number of hydrogen-bond donors (Lipinski definition) is 3. The molecule has 1 heterocycles. The fourth-order valence-electron chi connectivity index (χ4n) is 1.57. The molecule has 18 heavy (non-hydrogen) atoms. The number of urea groups is 1. The molecule has 0 radical (unpaired) electrons. The van der Waals surface area contributed by atoms with Crippen molar-refractivity contribution in [2.75, 3.05) is 13.6 Å². The Morgan fingerprint density at radius 1 is 1.39 bits per heavy atom. The molecule has 1 atom stereocenters. The van der Waals surface area contributed by atoms with E-state index < -0.39 is 6.03 Å². The van der Waals surface area contributed by atoms with Crippen molar-refractivity contribution in [2.24, 2.45) is 5.92 Å². The first-order chi connectivity index (χ1) is 8.54. The molecule has 100 valence electrons. The maximum Gasteiger partial charge on any atom is 0.321 e. The van der Waals surface area contributed by atoms with Crippen LogP contribution in [0, 0.1) is 5.92 Å². The van der Waals surface area contributed by atoms with Gasteiger partial charge in [-0.25, -0.2) is 4.79 Å². The van der Waals surface area contributed by atoms with Crippen molar-refractivity contribution in [1.29, 1.82) is 0 Å². The second kappa shape index (κ2) is 7.13. The van der Waals surface area contributed by atoms with E-state index in [1.807, 2.05) is 17.5 Å². The van der Waals surface area contributed by atoms with Crippen LogP contribution in [-0.4, -0.2) is 25.5 Å². The Labute approximate surface area is 111 Å². The smallest absolute Gasteiger partial charge is 0.321 e. The summed E-state index contributed by atoms with van der Waals surface area (Å²) < 4.78 is 0. The van der Waals surface area contributed by atoms with E-state index >= 15 is 0 Å². The molecule has 3 amide bonds. The van der Waals surface area contributed by atoms with Gasteiger partial charge < -0.3 is 10.6 Å². The molecule has 0 bridgehead atoms. The van der Waals surface area contributed by atoms with E-state index in [0.717, 1.165) is 0 Å². The minimum Gasteiger partial charge on any atom is -0.341 e. The molecular weight excluding hydrogens is 250 g/mol. The molecule has 1 unspecified atom stereocenters. The molecule has 1 aromatic heterocycles. The van der Waals surface area contributed by atoms with Gasteiger partial charge in [0.15, 0.2) is 0 Å². The van der Waals surface area contributed by atoms with Gasteiger partial charge in [0.2, 0.25) is 5.91 Å². The first-order valence-corrected chi connectivity index (χ1v) is 6.71. The van der Waals surface area contributed by atoms with Crippen LogP contribution < -0.4 is 16.0 Å². The molecule has 6 heteroatoms. The van der Waals surface area contributed by atoms with Crippen LogP contribution >= 0.6 is 11.3 Å². The highest BCUT2D eigenvalue weighted by Crippen LogP contribution is 2.25. The summed E-state index contributed by atoms with van der Waals surface area (Å²) in [7, 11) is 1.47. The molecule has 0 aliphatic rings. The summed E-state index contributed by atoms with van der Waals surface area (Å²) in [5.41, 5.74) is 0.